The summed E-state index contributed by atoms with van der Waals surface area (Å²) in [4.78, 5) is 9.80. The molecule has 0 spiro atoms. The Morgan fingerprint density at radius 2 is 2.00 bits per heavy atom. The summed E-state index contributed by atoms with van der Waals surface area (Å²) < 4.78 is 0. The lowest BCUT2D eigenvalue weighted by atomic mass is 9.94. The minimum absolute atomic E-state index is 0.244. The van der Waals surface area contributed by atoms with Gasteiger partial charge in [0.2, 0.25) is 0 Å². The van der Waals surface area contributed by atoms with Crippen LogP contribution in [0.2, 0.25) is 5.02 Å². The first-order valence-electron chi connectivity index (χ1n) is 9.46. The monoisotopic (exact) mass is 375 g/mol. The summed E-state index contributed by atoms with van der Waals surface area (Å²) in [5.41, 5.74) is 2.36. The first kappa shape index (κ1) is 19.6. The maximum absolute atomic E-state index is 9.48. The fraction of sp³-hybridized carbons (Fsp3) is 0.571. The molecule has 3 rings (SSSR count). The van der Waals surface area contributed by atoms with Gasteiger partial charge in [-0.25, -0.2) is 0 Å². The summed E-state index contributed by atoms with van der Waals surface area (Å²) in [6.45, 7) is 12.1. The highest BCUT2D eigenvalue weighted by molar-refractivity contribution is 6.31. The maximum atomic E-state index is 9.48. The zero-order chi connectivity index (χ0) is 18.7. The number of aliphatic hydroxyl groups excluding tert-OH is 1. The maximum Gasteiger partial charge on any atom is 0.0706 e. The molecule has 1 atom stereocenters. The van der Waals surface area contributed by atoms with Crippen molar-refractivity contribution in [1.29, 1.82) is 0 Å². The van der Waals surface area contributed by atoms with Gasteiger partial charge < -0.3 is 5.11 Å². The molecule has 1 unspecified atom stereocenters. The Bertz CT molecular complexity index is 744. The molecule has 1 aromatic heterocycles. The molecule has 0 amide bonds. The van der Waals surface area contributed by atoms with E-state index in [2.05, 4.69) is 42.7 Å². The summed E-state index contributed by atoms with van der Waals surface area (Å²) in [6, 6.07) is 10.4. The zero-order valence-corrected chi connectivity index (χ0v) is 16.8. The van der Waals surface area contributed by atoms with Crippen molar-refractivity contribution in [3.05, 3.63) is 41.0 Å². The molecule has 1 fully saturated rings. The number of rotatable bonds is 5. The van der Waals surface area contributed by atoms with E-state index in [1.807, 2.05) is 18.2 Å². The molecule has 1 aromatic carbocycles. The highest BCUT2D eigenvalue weighted by atomic mass is 35.5. The van der Waals surface area contributed by atoms with Gasteiger partial charge in [0, 0.05) is 55.8 Å². The van der Waals surface area contributed by atoms with Crippen molar-refractivity contribution in [3.63, 3.8) is 0 Å². The number of hydrogen-bond donors (Lipinski definition) is 1. The predicted molar refractivity (Wildman–Crippen MR) is 109 cm³/mol. The Hall–Kier alpha value is -1.20. The fourth-order valence-electron chi connectivity index (χ4n) is 3.80. The molecule has 2 heterocycles. The van der Waals surface area contributed by atoms with Gasteiger partial charge in [-0.1, -0.05) is 38.4 Å². The number of aromatic nitrogens is 1. The van der Waals surface area contributed by atoms with Gasteiger partial charge in [0.15, 0.2) is 0 Å². The summed E-state index contributed by atoms with van der Waals surface area (Å²) in [6.07, 6.45) is 0.830. The number of benzene rings is 1. The molecular weight excluding hydrogens is 346 g/mol. The van der Waals surface area contributed by atoms with Gasteiger partial charge in [-0.15, -0.1) is 0 Å². The van der Waals surface area contributed by atoms with Gasteiger partial charge >= 0.3 is 0 Å². The Labute approximate surface area is 161 Å². The van der Waals surface area contributed by atoms with E-state index in [4.69, 9.17) is 16.6 Å². The number of aliphatic hydroxyl groups is 1. The van der Waals surface area contributed by atoms with Gasteiger partial charge in [-0.05, 0) is 36.1 Å². The third-order valence-electron chi connectivity index (χ3n) is 4.92. The van der Waals surface area contributed by atoms with Crippen molar-refractivity contribution in [2.45, 2.75) is 39.8 Å². The highest BCUT2D eigenvalue weighted by Crippen LogP contribution is 2.23. The molecule has 0 aliphatic carbocycles. The number of nitrogens with zero attached hydrogens (tertiary/aromatic N) is 3. The molecule has 1 N–H and O–H groups in total. The van der Waals surface area contributed by atoms with E-state index >= 15 is 0 Å². The average molecular weight is 376 g/mol. The van der Waals surface area contributed by atoms with Gasteiger partial charge in [0.25, 0.3) is 0 Å². The van der Waals surface area contributed by atoms with E-state index in [0.29, 0.717) is 6.04 Å². The average Bonchev–Trinajstić information content (AvgIpc) is 2.56. The second-order valence-electron chi connectivity index (χ2n) is 8.57. The van der Waals surface area contributed by atoms with Crippen molar-refractivity contribution >= 4 is 22.5 Å². The van der Waals surface area contributed by atoms with E-state index in [1.54, 1.807) is 0 Å². The zero-order valence-electron chi connectivity index (χ0n) is 16.1. The second kappa shape index (κ2) is 8.22. The molecule has 4 nitrogen and oxygen atoms in total. The molecule has 5 heteroatoms. The smallest absolute Gasteiger partial charge is 0.0706 e. The second-order valence-corrected chi connectivity index (χ2v) is 9.01. The van der Waals surface area contributed by atoms with Crippen LogP contribution in [0.3, 0.4) is 0 Å². The summed E-state index contributed by atoms with van der Waals surface area (Å²) in [5.74, 6) is 0. The van der Waals surface area contributed by atoms with E-state index < -0.39 is 0 Å². The van der Waals surface area contributed by atoms with Gasteiger partial charge in [0.1, 0.15) is 0 Å². The largest absolute Gasteiger partial charge is 0.396 e. The lowest BCUT2D eigenvalue weighted by Gasteiger charge is -2.43. The van der Waals surface area contributed by atoms with Crippen molar-refractivity contribution in [1.82, 2.24) is 14.8 Å². The van der Waals surface area contributed by atoms with Crippen LogP contribution in [-0.4, -0.2) is 58.7 Å². The van der Waals surface area contributed by atoms with Crippen LogP contribution in [0.5, 0.6) is 0 Å². The van der Waals surface area contributed by atoms with Crippen LogP contribution in [0.4, 0.5) is 0 Å². The molecule has 2 aromatic rings. The quantitative estimate of drug-likeness (QED) is 0.862. The molecule has 0 bridgehead atoms. The van der Waals surface area contributed by atoms with Crippen LogP contribution >= 0.6 is 11.6 Å². The first-order valence-corrected chi connectivity index (χ1v) is 9.84. The van der Waals surface area contributed by atoms with Crippen LogP contribution in [-0.2, 0) is 6.54 Å². The van der Waals surface area contributed by atoms with Crippen LogP contribution in [0.1, 0.15) is 32.9 Å². The Morgan fingerprint density at radius 3 is 2.73 bits per heavy atom. The first-order chi connectivity index (χ1) is 12.3. The third kappa shape index (κ3) is 5.17. The SMILES string of the molecule is CC(C)(C)CN1CCN(Cc2ccc3cc(Cl)ccc3n2)CC1CCO. The van der Waals surface area contributed by atoms with Crippen molar-refractivity contribution in [2.75, 3.05) is 32.8 Å². The Morgan fingerprint density at radius 1 is 1.19 bits per heavy atom. The summed E-state index contributed by atoms with van der Waals surface area (Å²) >= 11 is 6.06. The normalized spacial score (nSPS) is 20.0. The minimum Gasteiger partial charge on any atom is -0.396 e. The molecule has 1 saturated heterocycles. The number of hydrogen-bond acceptors (Lipinski definition) is 4. The van der Waals surface area contributed by atoms with Gasteiger partial charge in [-0.2, -0.15) is 0 Å². The molecule has 1 aliphatic heterocycles. The molecular formula is C21H30ClN3O. The molecule has 0 radical (unpaired) electrons. The Balaban J connectivity index is 1.68. The number of pyridine rings is 1. The lowest BCUT2D eigenvalue weighted by molar-refractivity contribution is 0.0335. The molecule has 142 valence electrons. The number of fused-ring (bicyclic) bond motifs is 1. The van der Waals surface area contributed by atoms with E-state index in [0.717, 1.165) is 60.8 Å². The lowest BCUT2D eigenvalue weighted by Crippen LogP contribution is -2.54. The van der Waals surface area contributed by atoms with Crippen LogP contribution < -0.4 is 0 Å². The van der Waals surface area contributed by atoms with Gasteiger partial charge in [0.05, 0.1) is 11.2 Å². The van der Waals surface area contributed by atoms with E-state index in [1.165, 1.54) is 0 Å². The minimum atomic E-state index is 0.244. The molecule has 0 saturated carbocycles. The standard InChI is InChI=1S/C21H30ClN3O/c1-21(2,3)15-25-10-9-24(14-19(25)8-11-26)13-18-6-4-16-12-17(22)5-7-20(16)23-18/h4-7,12,19,26H,8-11,13-15H2,1-3H3. The molecule has 1 aliphatic rings. The topological polar surface area (TPSA) is 39.6 Å². The fourth-order valence-corrected chi connectivity index (χ4v) is 3.98. The predicted octanol–water partition coefficient (Wildman–Crippen LogP) is 3.80. The highest BCUT2D eigenvalue weighted by Gasteiger charge is 2.29. The van der Waals surface area contributed by atoms with Crippen LogP contribution in [0.15, 0.2) is 30.3 Å². The van der Waals surface area contributed by atoms with Crippen molar-refractivity contribution < 1.29 is 5.11 Å². The van der Waals surface area contributed by atoms with Crippen LogP contribution in [0, 0.1) is 5.41 Å². The van der Waals surface area contributed by atoms with Crippen molar-refractivity contribution in [3.8, 4) is 0 Å². The summed E-state index contributed by atoms with van der Waals surface area (Å²) in [5, 5.41) is 11.3. The summed E-state index contributed by atoms with van der Waals surface area (Å²) in [7, 11) is 0. The molecule has 26 heavy (non-hydrogen) atoms. The van der Waals surface area contributed by atoms with Gasteiger partial charge in [-0.3, -0.25) is 14.8 Å². The van der Waals surface area contributed by atoms with E-state index in [9.17, 15) is 5.11 Å². The number of piperazine rings is 1. The van der Waals surface area contributed by atoms with E-state index in [-0.39, 0.29) is 12.0 Å². The third-order valence-corrected chi connectivity index (χ3v) is 5.16. The Kier molecular flexibility index (Phi) is 6.18. The van der Waals surface area contributed by atoms with Crippen LogP contribution in [0.25, 0.3) is 10.9 Å². The number of halogens is 1. The van der Waals surface area contributed by atoms with Crippen molar-refractivity contribution in [2.24, 2.45) is 5.41 Å².